The van der Waals surface area contributed by atoms with Gasteiger partial charge in [-0.15, -0.1) is 15.7 Å². The molecule has 9 heteroatoms. The van der Waals surface area contributed by atoms with Crippen LogP contribution in [0.5, 0.6) is 0 Å². The fraction of sp³-hybridized carbons (Fsp3) is 0.111. The van der Waals surface area contributed by atoms with Gasteiger partial charge in [0.25, 0.3) is 0 Å². The van der Waals surface area contributed by atoms with Crippen molar-refractivity contribution in [1.29, 1.82) is 0 Å². The largest absolute Gasteiger partial charge is 0.464 e. The number of allylic oxidation sites excluding steroid dienone is 1. The zero-order valence-corrected chi connectivity index (χ0v) is 12.2. The fourth-order valence-corrected chi connectivity index (χ4v) is 3.54. The van der Waals surface area contributed by atoms with E-state index < -0.39 is 16.2 Å². The summed E-state index contributed by atoms with van der Waals surface area (Å²) >= 11 is 4.58. The molecule has 2 rings (SSSR count). The third-order valence-corrected chi connectivity index (χ3v) is 4.53. The van der Waals surface area contributed by atoms with Gasteiger partial charge >= 0.3 is 16.2 Å². The molecule has 0 bridgehead atoms. The predicted molar refractivity (Wildman–Crippen MR) is 70.7 cm³/mol. The van der Waals surface area contributed by atoms with Crippen LogP contribution in [0.2, 0.25) is 0 Å². The second-order valence-corrected chi connectivity index (χ2v) is 7.01. The van der Waals surface area contributed by atoms with Crippen molar-refractivity contribution in [3.8, 4) is 0 Å². The molecule has 1 aliphatic rings. The Morgan fingerprint density at radius 2 is 2.22 bits per heavy atom. The molecule has 0 saturated heterocycles. The van der Waals surface area contributed by atoms with E-state index in [2.05, 4.69) is 25.1 Å². The first-order valence-corrected chi connectivity index (χ1v) is 7.64. The maximum Gasteiger partial charge on any atom is 0.355 e. The molecule has 6 nitrogen and oxygen atoms in total. The van der Waals surface area contributed by atoms with Crippen LogP contribution in [0.1, 0.15) is 4.88 Å². The quantitative estimate of drug-likeness (QED) is 0.812. The first-order chi connectivity index (χ1) is 8.41. The molecule has 0 spiro atoms. The summed E-state index contributed by atoms with van der Waals surface area (Å²) < 4.78 is 33.9. The smallest absolute Gasteiger partial charge is 0.355 e. The number of halogens is 1. The highest BCUT2D eigenvalue weighted by Gasteiger charge is 2.24. The molecule has 18 heavy (non-hydrogen) atoms. The number of nitrogens with zero attached hydrogens (tertiary/aromatic N) is 1. The number of ether oxygens (including phenoxy) is 1. The van der Waals surface area contributed by atoms with E-state index in [4.69, 9.17) is 0 Å². The Labute approximate surface area is 116 Å². The molecule has 0 fully saturated rings. The highest BCUT2D eigenvalue weighted by molar-refractivity contribution is 9.11. The first-order valence-electron chi connectivity index (χ1n) is 4.60. The number of hydrogen-bond donors (Lipinski definition) is 1. The van der Waals surface area contributed by atoms with Crippen LogP contribution in [-0.2, 0) is 19.7 Å². The van der Waals surface area contributed by atoms with Gasteiger partial charge in [-0.05, 0) is 34.1 Å². The van der Waals surface area contributed by atoms with E-state index in [-0.39, 0.29) is 11.4 Å². The monoisotopic (exact) mass is 350 g/mol. The highest BCUT2D eigenvalue weighted by Crippen LogP contribution is 2.24. The number of carbonyl (C=O) groups is 1. The standard InChI is InChI=1S/C9H7BrN2O4S2/c1-16-9(13)6-4-5(11-18(14,15)12-6)7-2-3-8(10)17-7/h2-4,12H,1H3. The van der Waals surface area contributed by atoms with E-state index >= 15 is 0 Å². The van der Waals surface area contributed by atoms with Crippen LogP contribution in [0.15, 0.2) is 32.1 Å². The number of esters is 1. The lowest BCUT2D eigenvalue weighted by molar-refractivity contribution is -0.136. The van der Waals surface area contributed by atoms with E-state index in [1.54, 1.807) is 12.1 Å². The summed E-state index contributed by atoms with van der Waals surface area (Å²) in [4.78, 5) is 12.0. The molecule has 0 amide bonds. The Hall–Kier alpha value is -1.19. The van der Waals surface area contributed by atoms with Gasteiger partial charge in [0.1, 0.15) is 5.70 Å². The van der Waals surface area contributed by atoms with Crippen LogP contribution in [0.25, 0.3) is 0 Å². The zero-order chi connectivity index (χ0) is 13.3. The number of thiophene rings is 1. The van der Waals surface area contributed by atoms with Crippen molar-refractivity contribution in [3.05, 3.63) is 32.6 Å². The second-order valence-electron chi connectivity index (χ2n) is 3.21. The van der Waals surface area contributed by atoms with Gasteiger partial charge in [0.15, 0.2) is 0 Å². The van der Waals surface area contributed by atoms with Gasteiger partial charge in [-0.3, -0.25) is 4.72 Å². The summed E-state index contributed by atoms with van der Waals surface area (Å²) in [7, 11) is -2.74. The van der Waals surface area contributed by atoms with Crippen molar-refractivity contribution >= 4 is 49.2 Å². The first kappa shape index (κ1) is 13.2. The highest BCUT2D eigenvalue weighted by atomic mass is 79.9. The zero-order valence-electron chi connectivity index (χ0n) is 9.01. The van der Waals surface area contributed by atoms with Crippen LogP contribution in [0, 0.1) is 0 Å². The van der Waals surface area contributed by atoms with Gasteiger partial charge in [0, 0.05) is 0 Å². The van der Waals surface area contributed by atoms with E-state index in [9.17, 15) is 13.2 Å². The molecule has 1 N–H and O–H groups in total. The van der Waals surface area contributed by atoms with E-state index in [0.717, 1.165) is 3.79 Å². The Bertz CT molecular complexity index is 660. The molecule has 0 saturated carbocycles. The minimum Gasteiger partial charge on any atom is -0.464 e. The van der Waals surface area contributed by atoms with Gasteiger partial charge < -0.3 is 4.74 Å². The molecule has 1 aromatic heterocycles. The number of rotatable bonds is 2. The second kappa shape index (κ2) is 4.82. The summed E-state index contributed by atoms with van der Waals surface area (Å²) in [6.45, 7) is 0. The number of methoxy groups -OCH3 is 1. The number of nitrogens with one attached hydrogen (secondary N) is 1. The fourth-order valence-electron chi connectivity index (χ4n) is 1.26. The normalized spacial score (nSPS) is 17.4. The summed E-state index contributed by atoms with van der Waals surface area (Å²) in [5.41, 5.74) is 0.0388. The lowest BCUT2D eigenvalue weighted by Crippen LogP contribution is -2.31. The van der Waals surface area contributed by atoms with Crippen molar-refractivity contribution in [2.45, 2.75) is 0 Å². The third-order valence-electron chi connectivity index (χ3n) is 1.97. The predicted octanol–water partition coefficient (Wildman–Crippen LogP) is 1.20. The van der Waals surface area contributed by atoms with Gasteiger partial charge in [0.2, 0.25) is 0 Å². The Balaban J connectivity index is 2.48. The Kier molecular flexibility index (Phi) is 3.55. The topological polar surface area (TPSA) is 84.8 Å². The van der Waals surface area contributed by atoms with Gasteiger partial charge in [-0.25, -0.2) is 4.79 Å². The molecule has 0 atom stereocenters. The van der Waals surface area contributed by atoms with Gasteiger partial charge in [-0.2, -0.15) is 8.42 Å². The van der Waals surface area contributed by atoms with Crippen molar-refractivity contribution in [3.63, 3.8) is 0 Å². The Morgan fingerprint density at radius 1 is 1.50 bits per heavy atom. The lowest BCUT2D eigenvalue weighted by atomic mass is 10.2. The maximum atomic E-state index is 11.5. The molecule has 0 unspecified atom stereocenters. The number of hydrogen-bond acceptors (Lipinski definition) is 5. The molecule has 2 heterocycles. The Morgan fingerprint density at radius 3 is 2.78 bits per heavy atom. The summed E-state index contributed by atoms with van der Waals surface area (Å²) in [5, 5.41) is 0. The molecule has 0 aromatic carbocycles. The van der Waals surface area contributed by atoms with Crippen LogP contribution in [0.3, 0.4) is 0 Å². The molecular formula is C9H7BrN2O4S2. The molecule has 96 valence electrons. The average Bonchev–Trinajstić information content (AvgIpc) is 2.72. The molecule has 1 aromatic rings. The van der Waals surface area contributed by atoms with Crippen LogP contribution >= 0.6 is 27.3 Å². The van der Waals surface area contributed by atoms with Crippen LogP contribution in [0.4, 0.5) is 0 Å². The van der Waals surface area contributed by atoms with E-state index in [1.165, 1.54) is 24.5 Å². The maximum absolute atomic E-state index is 11.5. The summed E-state index contributed by atoms with van der Waals surface area (Å²) in [5.74, 6) is -0.762. The summed E-state index contributed by atoms with van der Waals surface area (Å²) in [6.07, 6.45) is 1.34. The summed E-state index contributed by atoms with van der Waals surface area (Å²) in [6, 6.07) is 3.47. The SMILES string of the molecule is COC(=O)C1=CC(c2ccc(Br)s2)=NS(=O)(=O)N1. The molecule has 0 radical (unpaired) electrons. The minimum atomic E-state index is -3.91. The van der Waals surface area contributed by atoms with E-state index in [1.807, 2.05) is 4.72 Å². The van der Waals surface area contributed by atoms with Gasteiger partial charge in [0.05, 0.1) is 21.5 Å². The van der Waals surface area contributed by atoms with Crippen molar-refractivity contribution in [2.24, 2.45) is 4.40 Å². The van der Waals surface area contributed by atoms with Crippen molar-refractivity contribution in [2.75, 3.05) is 7.11 Å². The van der Waals surface area contributed by atoms with Crippen molar-refractivity contribution in [1.82, 2.24) is 4.72 Å². The van der Waals surface area contributed by atoms with Crippen LogP contribution in [-0.4, -0.2) is 27.2 Å². The average molecular weight is 351 g/mol. The van der Waals surface area contributed by atoms with Gasteiger partial charge in [-0.1, -0.05) is 0 Å². The molecule has 1 aliphatic heterocycles. The van der Waals surface area contributed by atoms with Crippen LogP contribution < -0.4 is 4.72 Å². The molecular weight excluding hydrogens is 344 g/mol. The lowest BCUT2D eigenvalue weighted by Gasteiger charge is -2.12. The minimum absolute atomic E-state index is 0.160. The van der Waals surface area contributed by atoms with E-state index in [0.29, 0.717) is 4.88 Å². The molecule has 0 aliphatic carbocycles. The van der Waals surface area contributed by atoms with Crippen molar-refractivity contribution < 1.29 is 17.9 Å². The number of carbonyl (C=O) groups excluding carboxylic acids is 1. The third kappa shape index (κ3) is 2.79.